The van der Waals surface area contributed by atoms with Crippen molar-refractivity contribution in [2.45, 2.75) is 12.4 Å². The fraction of sp³-hybridized carbons (Fsp3) is 0.238. The molecule has 0 aliphatic carbocycles. The van der Waals surface area contributed by atoms with Gasteiger partial charge >= 0.3 is 23.7 Å². The number of aromatic nitrogens is 7. The van der Waals surface area contributed by atoms with Crippen molar-refractivity contribution in [3.8, 4) is 5.69 Å². The quantitative estimate of drug-likeness (QED) is 0.297. The topological polar surface area (TPSA) is 168 Å². The Bertz CT molecular complexity index is 1830. The zero-order valence-electron chi connectivity index (χ0n) is 21.9. The molecule has 0 saturated heterocycles. The first-order valence-corrected chi connectivity index (χ1v) is 12.4. The van der Waals surface area contributed by atoms with Gasteiger partial charge in [-0.1, -0.05) is 46.4 Å². The Hall–Kier alpha value is -3.94. The molecular formula is C21H15Cl4F6N9O4. The van der Waals surface area contributed by atoms with E-state index in [4.69, 9.17) is 52.1 Å². The van der Waals surface area contributed by atoms with Gasteiger partial charge in [0.15, 0.2) is 26.3 Å². The van der Waals surface area contributed by atoms with Gasteiger partial charge in [-0.25, -0.2) is 14.2 Å². The highest BCUT2D eigenvalue weighted by molar-refractivity contribution is 6.33. The van der Waals surface area contributed by atoms with Crippen molar-refractivity contribution in [1.29, 1.82) is 0 Å². The van der Waals surface area contributed by atoms with Crippen LogP contribution in [-0.4, -0.2) is 48.6 Å². The van der Waals surface area contributed by atoms with Gasteiger partial charge in [-0.15, -0.1) is 20.4 Å². The van der Waals surface area contributed by atoms with Gasteiger partial charge in [0.05, 0.1) is 17.4 Å². The fourth-order valence-electron chi connectivity index (χ4n) is 2.71. The molecule has 4 aromatic rings. The number of nitrogens with two attached hydrogens (primary N) is 1. The molecule has 4 rings (SSSR count). The van der Waals surface area contributed by atoms with E-state index in [9.17, 15) is 40.7 Å². The number of halogens is 10. The smallest absolute Gasteiger partial charge is 0.396 e. The van der Waals surface area contributed by atoms with Crippen molar-refractivity contribution in [3.05, 3.63) is 87.5 Å². The highest BCUT2D eigenvalue weighted by Crippen LogP contribution is 2.28. The standard InChI is InChI=1S/C10H5Cl2F3N4O2.C7H7F3N2O2.C4H3Cl2N3/c1-18-5(10(13,14)15)3-7(20)19(9(18)21)4-2-6(11)16-17-8(4)12;1-12(2)6-11-4(7(8,9)10)3-5(13)14-6;5-3-1-2(7)4(6)9-8-3/h2-3H,1H3;3H,1-2H3;1H,(H2,7,8). The average Bonchev–Trinajstić information content (AvgIpc) is 2.90. The molecule has 4 heterocycles. The first-order chi connectivity index (χ1) is 20.1. The molecule has 44 heavy (non-hydrogen) atoms. The predicted molar refractivity (Wildman–Crippen MR) is 146 cm³/mol. The number of anilines is 2. The van der Waals surface area contributed by atoms with Crippen LogP contribution < -0.4 is 27.5 Å². The highest BCUT2D eigenvalue weighted by atomic mass is 35.5. The van der Waals surface area contributed by atoms with Crippen LogP contribution in [0.3, 0.4) is 0 Å². The Balaban J connectivity index is 0.000000252. The van der Waals surface area contributed by atoms with Gasteiger partial charge in [-0.3, -0.25) is 9.36 Å². The second-order valence-corrected chi connectivity index (χ2v) is 9.53. The Morgan fingerprint density at radius 2 is 1.36 bits per heavy atom. The Kier molecular flexibility index (Phi) is 11.7. The molecule has 23 heteroatoms. The molecule has 238 valence electrons. The third kappa shape index (κ3) is 9.53. The van der Waals surface area contributed by atoms with E-state index in [1.54, 1.807) is 0 Å². The first-order valence-electron chi connectivity index (χ1n) is 10.9. The maximum atomic E-state index is 12.7. The molecule has 0 aliphatic heterocycles. The van der Waals surface area contributed by atoms with Crippen LogP contribution in [0.15, 0.2) is 43.1 Å². The van der Waals surface area contributed by atoms with Crippen molar-refractivity contribution >= 4 is 58.1 Å². The fourth-order valence-corrected chi connectivity index (χ4v) is 3.28. The largest absolute Gasteiger partial charge is 0.433 e. The summed E-state index contributed by atoms with van der Waals surface area (Å²) >= 11 is 22.1. The van der Waals surface area contributed by atoms with Crippen LogP contribution in [0.25, 0.3) is 5.69 Å². The summed E-state index contributed by atoms with van der Waals surface area (Å²) in [7, 11) is 3.72. The lowest BCUT2D eigenvalue weighted by atomic mass is 10.3. The van der Waals surface area contributed by atoms with Crippen molar-refractivity contribution < 1.29 is 30.8 Å². The van der Waals surface area contributed by atoms with E-state index >= 15 is 0 Å². The summed E-state index contributed by atoms with van der Waals surface area (Å²) in [5.41, 5.74) is -0.757. The number of nitrogen functional groups attached to an aromatic ring is 1. The molecule has 0 radical (unpaired) electrons. The predicted octanol–water partition coefficient (Wildman–Crippen LogP) is 4.14. The molecule has 0 unspecified atom stereocenters. The zero-order chi connectivity index (χ0) is 33.7. The summed E-state index contributed by atoms with van der Waals surface area (Å²) in [6.45, 7) is 0. The summed E-state index contributed by atoms with van der Waals surface area (Å²) < 4.78 is 79.7. The van der Waals surface area contributed by atoms with Gasteiger partial charge in [0, 0.05) is 39.3 Å². The molecule has 13 nitrogen and oxygen atoms in total. The van der Waals surface area contributed by atoms with Crippen molar-refractivity contribution in [1.82, 2.24) is 34.5 Å². The second-order valence-electron chi connectivity index (χ2n) is 8.04. The Morgan fingerprint density at radius 1 is 0.818 bits per heavy atom. The Labute approximate surface area is 260 Å². The van der Waals surface area contributed by atoms with Gasteiger partial charge in [-0.2, -0.15) is 31.3 Å². The molecule has 0 aliphatic rings. The lowest BCUT2D eigenvalue weighted by Crippen LogP contribution is -2.40. The monoisotopic (exact) mass is 711 g/mol. The number of rotatable bonds is 2. The van der Waals surface area contributed by atoms with Crippen LogP contribution in [0.5, 0.6) is 0 Å². The van der Waals surface area contributed by atoms with E-state index < -0.39 is 40.6 Å². The first kappa shape index (κ1) is 36.3. The van der Waals surface area contributed by atoms with Crippen molar-refractivity contribution in [2.24, 2.45) is 7.05 Å². The minimum absolute atomic E-state index is 0.178. The van der Waals surface area contributed by atoms with Gasteiger partial charge in [-0.05, 0) is 0 Å². The molecule has 0 saturated carbocycles. The second kappa shape index (κ2) is 14.2. The minimum atomic E-state index is -4.84. The third-order valence-corrected chi connectivity index (χ3v) is 5.57. The van der Waals surface area contributed by atoms with Gasteiger partial charge in [0.25, 0.3) is 11.6 Å². The summed E-state index contributed by atoms with van der Waals surface area (Å²) in [6.07, 6.45) is -9.48. The van der Waals surface area contributed by atoms with Gasteiger partial charge in [0.2, 0.25) is 0 Å². The van der Waals surface area contributed by atoms with Gasteiger partial charge < -0.3 is 15.1 Å². The SMILES string of the molecule is CN(C)c1nc(C(F)(F)F)cc(=O)o1.Cn1c(C(F)(F)F)cc(=O)n(-c2cc(Cl)nnc2Cl)c1=O.Nc1cc(Cl)nnc1Cl. The van der Waals surface area contributed by atoms with E-state index in [0.29, 0.717) is 16.3 Å². The van der Waals surface area contributed by atoms with Crippen molar-refractivity contribution in [2.75, 3.05) is 24.7 Å². The molecule has 0 fully saturated rings. The van der Waals surface area contributed by atoms with Crippen LogP contribution in [-0.2, 0) is 19.4 Å². The molecule has 0 bridgehead atoms. The van der Waals surface area contributed by atoms with E-state index in [2.05, 4.69) is 29.8 Å². The summed E-state index contributed by atoms with van der Waals surface area (Å²) in [5.74, 6) is 0. The maximum Gasteiger partial charge on any atom is 0.433 e. The molecule has 0 atom stereocenters. The lowest BCUT2D eigenvalue weighted by Gasteiger charge is -2.14. The lowest BCUT2D eigenvalue weighted by molar-refractivity contribution is -0.144. The number of alkyl halides is 6. The van der Waals surface area contributed by atoms with Crippen molar-refractivity contribution in [3.63, 3.8) is 0 Å². The third-order valence-electron chi connectivity index (χ3n) is 4.63. The number of nitrogens with zero attached hydrogens (tertiary/aromatic N) is 8. The van der Waals surface area contributed by atoms with E-state index in [1.165, 1.54) is 25.1 Å². The molecule has 4 aromatic heterocycles. The van der Waals surface area contributed by atoms with E-state index in [0.717, 1.165) is 13.1 Å². The van der Waals surface area contributed by atoms with E-state index in [-0.39, 0.29) is 42.9 Å². The normalized spacial score (nSPS) is 11.2. The molecule has 0 aromatic carbocycles. The van der Waals surface area contributed by atoms with Crippen LogP contribution in [0.4, 0.5) is 38.0 Å². The maximum absolute atomic E-state index is 12.7. The highest BCUT2D eigenvalue weighted by Gasteiger charge is 2.35. The summed E-state index contributed by atoms with van der Waals surface area (Å²) in [6, 6.07) is 2.72. The van der Waals surface area contributed by atoms with Gasteiger partial charge in [0.1, 0.15) is 5.69 Å². The van der Waals surface area contributed by atoms with Crippen LogP contribution in [0.1, 0.15) is 11.4 Å². The van der Waals surface area contributed by atoms with Crippen LogP contribution in [0.2, 0.25) is 20.6 Å². The van der Waals surface area contributed by atoms with Crippen LogP contribution >= 0.6 is 46.4 Å². The number of hydrogen-bond acceptors (Lipinski definition) is 11. The number of hydrogen-bond donors (Lipinski definition) is 1. The zero-order valence-corrected chi connectivity index (χ0v) is 24.9. The van der Waals surface area contributed by atoms with Crippen LogP contribution in [0, 0.1) is 0 Å². The Morgan fingerprint density at radius 3 is 1.84 bits per heavy atom. The summed E-state index contributed by atoms with van der Waals surface area (Å²) in [5, 5.41) is 13.6. The molecular weight excluding hydrogens is 698 g/mol. The molecule has 0 amide bonds. The minimum Gasteiger partial charge on any atom is -0.396 e. The van der Waals surface area contributed by atoms with E-state index in [1.807, 2.05) is 0 Å². The molecule has 2 N–H and O–H groups in total. The molecule has 0 spiro atoms. The average molecular weight is 713 g/mol. The summed E-state index contributed by atoms with van der Waals surface area (Å²) in [4.78, 5) is 38.9.